The van der Waals surface area contributed by atoms with Gasteiger partial charge >= 0.3 is 0 Å². The van der Waals surface area contributed by atoms with Gasteiger partial charge in [-0.2, -0.15) is 20.1 Å². The van der Waals surface area contributed by atoms with Crippen LogP contribution in [0.1, 0.15) is 63.8 Å². The van der Waals surface area contributed by atoms with Crippen molar-refractivity contribution < 1.29 is 0 Å². The second kappa shape index (κ2) is 17.9. The standard InChI is InChI=1S/C64H61NS2/c1-63(2,3)50-41-51(64(4,5)6)43-52(42-50)65-61-39-37-57(66(53-29-17-9-18-30-53,54-31-19-10-20-32-54)46-48-25-13-7-14-26-48)44-59(61)60-45-58(38-40-62(60)65)67(55-33-21-11-22-34-55,56-35-23-12-24-36-56)47-49-27-15-8-16-28-49/h7-45H,46-47H2,1-6H3. The van der Waals surface area contributed by atoms with Gasteiger partial charge in [0.2, 0.25) is 0 Å². The van der Waals surface area contributed by atoms with E-state index < -0.39 is 20.1 Å². The molecule has 9 aromatic carbocycles. The normalized spacial score (nSPS) is 12.9. The van der Waals surface area contributed by atoms with Crippen molar-refractivity contribution in [3.8, 4) is 5.69 Å². The third-order valence-corrected chi connectivity index (χ3v) is 21.4. The number of rotatable bonds is 11. The molecule has 10 aromatic rings. The molecule has 0 bridgehead atoms. The van der Waals surface area contributed by atoms with Crippen molar-refractivity contribution in [2.24, 2.45) is 0 Å². The van der Waals surface area contributed by atoms with Crippen LogP contribution in [0, 0.1) is 0 Å². The zero-order valence-corrected chi connectivity index (χ0v) is 41.3. The van der Waals surface area contributed by atoms with Crippen LogP contribution in [0.25, 0.3) is 27.5 Å². The van der Waals surface area contributed by atoms with E-state index in [1.54, 1.807) is 0 Å². The maximum atomic E-state index is 2.59. The minimum Gasteiger partial charge on any atom is -0.309 e. The molecule has 67 heavy (non-hydrogen) atoms. The Morgan fingerprint density at radius 1 is 0.313 bits per heavy atom. The molecule has 3 heteroatoms. The molecule has 0 fully saturated rings. The quantitative estimate of drug-likeness (QED) is 0.122. The van der Waals surface area contributed by atoms with E-state index in [-0.39, 0.29) is 10.8 Å². The Hall–Kier alpha value is -6.52. The first-order valence-electron chi connectivity index (χ1n) is 23.6. The number of benzene rings is 9. The van der Waals surface area contributed by atoms with Crippen molar-refractivity contribution in [3.05, 3.63) is 259 Å². The van der Waals surface area contributed by atoms with Crippen LogP contribution in [-0.4, -0.2) is 4.57 Å². The first-order valence-corrected chi connectivity index (χ1v) is 27.2. The van der Waals surface area contributed by atoms with Gasteiger partial charge in [-0.25, -0.2) is 0 Å². The summed E-state index contributed by atoms with van der Waals surface area (Å²) in [6.45, 7) is 14.0. The fraction of sp³-hybridized carbons (Fsp3) is 0.156. The molecular formula is C64H61NS2. The van der Waals surface area contributed by atoms with Crippen LogP contribution in [0.15, 0.2) is 266 Å². The largest absolute Gasteiger partial charge is 0.309 e. The lowest BCUT2D eigenvalue weighted by Gasteiger charge is -2.42. The van der Waals surface area contributed by atoms with Crippen LogP contribution in [0.4, 0.5) is 0 Å². The van der Waals surface area contributed by atoms with Crippen molar-refractivity contribution in [2.75, 3.05) is 0 Å². The fourth-order valence-electron chi connectivity index (χ4n) is 9.88. The summed E-state index contributed by atoms with van der Waals surface area (Å²) in [6, 6.07) is 89.9. The summed E-state index contributed by atoms with van der Waals surface area (Å²) in [6.07, 6.45) is 0. The lowest BCUT2D eigenvalue weighted by molar-refractivity contribution is 0.568. The third kappa shape index (κ3) is 8.34. The molecule has 0 unspecified atom stereocenters. The fourth-order valence-corrected chi connectivity index (χ4v) is 17.6. The van der Waals surface area contributed by atoms with Crippen LogP contribution in [0.3, 0.4) is 0 Å². The van der Waals surface area contributed by atoms with E-state index in [1.165, 1.54) is 79.1 Å². The Bertz CT molecular complexity index is 2980. The maximum Gasteiger partial charge on any atom is 0.0541 e. The molecular weight excluding hydrogens is 847 g/mol. The summed E-state index contributed by atoms with van der Waals surface area (Å²) in [5.74, 6) is 1.79. The Kier molecular flexibility index (Phi) is 11.9. The number of hydrogen-bond acceptors (Lipinski definition) is 0. The first kappa shape index (κ1) is 44.3. The zero-order chi connectivity index (χ0) is 46.2. The van der Waals surface area contributed by atoms with Crippen molar-refractivity contribution in [1.82, 2.24) is 4.57 Å². The van der Waals surface area contributed by atoms with E-state index >= 15 is 0 Å². The van der Waals surface area contributed by atoms with Gasteiger partial charge in [-0.15, -0.1) is 0 Å². The van der Waals surface area contributed by atoms with Crippen molar-refractivity contribution in [2.45, 2.75) is 93.3 Å². The Morgan fingerprint density at radius 3 is 0.910 bits per heavy atom. The molecule has 1 nitrogen and oxygen atoms in total. The summed E-state index contributed by atoms with van der Waals surface area (Å²) in [5.41, 5.74) is 8.94. The van der Waals surface area contributed by atoms with E-state index in [1.807, 2.05) is 0 Å². The average molecular weight is 908 g/mol. The van der Waals surface area contributed by atoms with Crippen LogP contribution >= 0.6 is 20.1 Å². The lowest BCUT2D eigenvalue weighted by Crippen LogP contribution is -2.17. The highest BCUT2D eigenvalue weighted by atomic mass is 32.3. The summed E-state index contributed by atoms with van der Waals surface area (Å²) < 4.78 is 2.57. The van der Waals surface area contributed by atoms with E-state index in [9.17, 15) is 0 Å². The molecule has 0 radical (unpaired) electrons. The summed E-state index contributed by atoms with van der Waals surface area (Å²) >= 11 is 0. The summed E-state index contributed by atoms with van der Waals surface area (Å²) in [7, 11) is -3.65. The van der Waals surface area contributed by atoms with Gasteiger partial charge in [-0.05, 0) is 160 Å². The maximum absolute atomic E-state index is 2.59. The van der Waals surface area contributed by atoms with E-state index in [0.29, 0.717) is 0 Å². The first-order chi connectivity index (χ1) is 32.4. The molecule has 334 valence electrons. The minimum absolute atomic E-state index is 0.0351. The SMILES string of the molecule is CC(C)(C)c1cc(-n2c3ccc(S(Cc4ccccc4)(c4ccccc4)c4ccccc4)cc3c3cc(S(Cc4ccccc4)(c4ccccc4)c4ccccc4)ccc32)cc(C(C)(C)C)c1. The molecule has 0 aliphatic rings. The second-order valence-corrected chi connectivity index (χ2v) is 26.3. The molecule has 0 aliphatic carbocycles. The summed E-state index contributed by atoms with van der Waals surface area (Å²) in [4.78, 5) is 8.17. The number of aromatic nitrogens is 1. The highest BCUT2D eigenvalue weighted by Gasteiger charge is 2.35. The van der Waals surface area contributed by atoms with Crippen molar-refractivity contribution >= 4 is 41.9 Å². The average Bonchev–Trinajstić information content (AvgIpc) is 3.69. The van der Waals surface area contributed by atoms with Crippen LogP contribution in [0.2, 0.25) is 0 Å². The van der Waals surface area contributed by atoms with Gasteiger partial charge in [0.15, 0.2) is 0 Å². The van der Waals surface area contributed by atoms with Crippen LogP contribution < -0.4 is 0 Å². The highest BCUT2D eigenvalue weighted by molar-refractivity contribution is 8.33. The van der Waals surface area contributed by atoms with E-state index in [2.05, 4.69) is 283 Å². The third-order valence-electron chi connectivity index (χ3n) is 13.5. The van der Waals surface area contributed by atoms with Gasteiger partial charge in [0.1, 0.15) is 0 Å². The highest BCUT2D eigenvalue weighted by Crippen LogP contribution is 2.72. The number of nitrogens with zero attached hydrogens (tertiary/aromatic N) is 1. The lowest BCUT2D eigenvalue weighted by atomic mass is 9.80. The topological polar surface area (TPSA) is 4.93 Å². The zero-order valence-electron chi connectivity index (χ0n) is 39.7. The number of hydrogen-bond donors (Lipinski definition) is 0. The predicted molar refractivity (Wildman–Crippen MR) is 289 cm³/mol. The molecule has 0 amide bonds. The molecule has 10 rings (SSSR count). The smallest absolute Gasteiger partial charge is 0.0541 e. The van der Waals surface area contributed by atoms with Gasteiger partial charge in [0, 0.05) is 28.0 Å². The number of fused-ring (bicyclic) bond motifs is 3. The molecule has 0 atom stereocenters. The van der Waals surface area contributed by atoms with E-state index in [4.69, 9.17) is 0 Å². The Labute approximate surface area is 401 Å². The monoisotopic (exact) mass is 907 g/mol. The molecule has 0 N–H and O–H groups in total. The second-order valence-electron chi connectivity index (χ2n) is 20.0. The molecule has 1 aromatic heterocycles. The molecule has 0 aliphatic heterocycles. The van der Waals surface area contributed by atoms with Crippen LogP contribution in [-0.2, 0) is 22.3 Å². The molecule has 0 spiro atoms. The van der Waals surface area contributed by atoms with Crippen LogP contribution in [0.5, 0.6) is 0 Å². The Balaban J connectivity index is 1.34. The van der Waals surface area contributed by atoms with Gasteiger partial charge in [-0.1, -0.05) is 181 Å². The molecule has 0 saturated carbocycles. The van der Waals surface area contributed by atoms with Gasteiger partial charge in [0.05, 0.1) is 11.0 Å². The molecule has 0 saturated heterocycles. The predicted octanol–water partition coefficient (Wildman–Crippen LogP) is 18.3. The molecule has 1 heterocycles. The van der Waals surface area contributed by atoms with Gasteiger partial charge in [0.25, 0.3) is 0 Å². The van der Waals surface area contributed by atoms with Crippen molar-refractivity contribution in [1.29, 1.82) is 0 Å². The Morgan fingerprint density at radius 2 is 0.612 bits per heavy atom. The summed E-state index contributed by atoms with van der Waals surface area (Å²) in [5, 5.41) is 2.55. The minimum atomic E-state index is -1.82. The van der Waals surface area contributed by atoms with Crippen molar-refractivity contribution in [3.63, 3.8) is 0 Å². The van der Waals surface area contributed by atoms with E-state index in [0.717, 1.165) is 11.5 Å². The van der Waals surface area contributed by atoms with Gasteiger partial charge < -0.3 is 4.57 Å². The van der Waals surface area contributed by atoms with Gasteiger partial charge in [-0.3, -0.25) is 0 Å².